The Morgan fingerprint density at radius 2 is 1.59 bits per heavy atom. The number of nitrogens with zero attached hydrogens (tertiary/aromatic N) is 1. The van der Waals surface area contributed by atoms with E-state index in [0.717, 1.165) is 16.3 Å². The van der Waals surface area contributed by atoms with Crippen molar-refractivity contribution in [2.45, 2.75) is 0 Å². The van der Waals surface area contributed by atoms with E-state index in [0.29, 0.717) is 22.8 Å². The van der Waals surface area contributed by atoms with Crippen molar-refractivity contribution in [1.29, 1.82) is 0 Å². The summed E-state index contributed by atoms with van der Waals surface area (Å²) in [5, 5.41) is 6.25. The van der Waals surface area contributed by atoms with Crippen LogP contribution in [0.15, 0.2) is 59.7 Å². The Kier molecular flexibility index (Phi) is 5.56. The van der Waals surface area contributed by atoms with Crippen LogP contribution in [-0.2, 0) is 0 Å². The zero-order chi connectivity index (χ0) is 19.2. The molecule has 3 aromatic carbocycles. The number of hydrogen-bond donors (Lipinski definition) is 1. The number of methoxy groups -OCH3 is 3. The topological polar surface area (TPSA) is 69.2 Å². The van der Waals surface area contributed by atoms with Crippen LogP contribution in [0, 0.1) is 0 Å². The molecule has 27 heavy (non-hydrogen) atoms. The lowest BCUT2D eigenvalue weighted by Crippen LogP contribution is -2.18. The highest BCUT2D eigenvalue weighted by molar-refractivity contribution is 6.01. The van der Waals surface area contributed by atoms with Gasteiger partial charge in [0.1, 0.15) is 0 Å². The zero-order valence-electron chi connectivity index (χ0n) is 15.4. The van der Waals surface area contributed by atoms with Crippen molar-refractivity contribution in [3.63, 3.8) is 0 Å². The second-order valence-electron chi connectivity index (χ2n) is 5.68. The van der Waals surface area contributed by atoms with Gasteiger partial charge < -0.3 is 14.2 Å². The van der Waals surface area contributed by atoms with Gasteiger partial charge in [0.2, 0.25) is 5.75 Å². The van der Waals surface area contributed by atoms with Gasteiger partial charge in [-0.15, -0.1) is 0 Å². The van der Waals surface area contributed by atoms with Crippen molar-refractivity contribution in [2.75, 3.05) is 21.3 Å². The molecule has 3 aromatic rings. The lowest BCUT2D eigenvalue weighted by atomic mass is 10.1. The Labute approximate surface area is 157 Å². The zero-order valence-corrected chi connectivity index (χ0v) is 15.4. The molecule has 6 nitrogen and oxygen atoms in total. The van der Waals surface area contributed by atoms with E-state index >= 15 is 0 Å². The minimum atomic E-state index is -0.384. The maximum Gasteiger partial charge on any atom is 0.271 e. The lowest BCUT2D eigenvalue weighted by molar-refractivity contribution is 0.0954. The van der Waals surface area contributed by atoms with Crippen LogP contribution in [0.2, 0.25) is 0 Å². The third-order valence-corrected chi connectivity index (χ3v) is 4.12. The van der Waals surface area contributed by atoms with Gasteiger partial charge in [-0.2, -0.15) is 5.10 Å². The van der Waals surface area contributed by atoms with Gasteiger partial charge in [-0.25, -0.2) is 5.43 Å². The highest BCUT2D eigenvalue weighted by atomic mass is 16.5. The summed E-state index contributed by atoms with van der Waals surface area (Å²) in [7, 11) is 4.50. The summed E-state index contributed by atoms with van der Waals surface area (Å²) >= 11 is 0. The fourth-order valence-corrected chi connectivity index (χ4v) is 2.80. The molecule has 0 aromatic heterocycles. The van der Waals surface area contributed by atoms with Crippen molar-refractivity contribution in [3.05, 3.63) is 65.7 Å². The molecule has 0 spiro atoms. The molecule has 0 aliphatic carbocycles. The predicted molar refractivity (Wildman–Crippen MR) is 105 cm³/mol. The summed E-state index contributed by atoms with van der Waals surface area (Å²) in [4.78, 5) is 12.5. The fourth-order valence-electron chi connectivity index (χ4n) is 2.80. The molecule has 0 unspecified atom stereocenters. The predicted octanol–water partition coefficient (Wildman–Crippen LogP) is 3.63. The van der Waals surface area contributed by atoms with E-state index in [2.05, 4.69) is 10.5 Å². The van der Waals surface area contributed by atoms with E-state index in [4.69, 9.17) is 14.2 Å². The van der Waals surface area contributed by atoms with Gasteiger partial charge in [0.15, 0.2) is 11.5 Å². The van der Waals surface area contributed by atoms with E-state index in [1.807, 2.05) is 42.5 Å². The second kappa shape index (κ2) is 8.23. The summed E-state index contributed by atoms with van der Waals surface area (Å²) in [6.07, 6.45) is 1.62. The average Bonchev–Trinajstić information content (AvgIpc) is 2.72. The van der Waals surface area contributed by atoms with Gasteiger partial charge in [-0.1, -0.05) is 42.5 Å². The van der Waals surface area contributed by atoms with Crippen molar-refractivity contribution >= 4 is 22.9 Å². The summed E-state index contributed by atoms with van der Waals surface area (Å²) < 4.78 is 15.8. The Balaban J connectivity index is 1.82. The molecule has 0 aliphatic rings. The van der Waals surface area contributed by atoms with E-state index in [1.54, 1.807) is 18.3 Å². The van der Waals surface area contributed by atoms with Crippen molar-refractivity contribution < 1.29 is 19.0 Å². The maximum absolute atomic E-state index is 12.5. The van der Waals surface area contributed by atoms with Crippen LogP contribution in [0.3, 0.4) is 0 Å². The third-order valence-electron chi connectivity index (χ3n) is 4.12. The Hall–Kier alpha value is -3.54. The number of rotatable bonds is 6. The van der Waals surface area contributed by atoms with Crippen LogP contribution in [0.25, 0.3) is 10.8 Å². The minimum Gasteiger partial charge on any atom is -0.493 e. The minimum absolute atomic E-state index is 0.347. The monoisotopic (exact) mass is 364 g/mol. The number of hydrazone groups is 1. The van der Waals surface area contributed by atoms with Gasteiger partial charge in [-0.05, 0) is 22.9 Å². The van der Waals surface area contributed by atoms with Crippen LogP contribution in [0.4, 0.5) is 0 Å². The maximum atomic E-state index is 12.5. The highest BCUT2D eigenvalue weighted by Gasteiger charge is 2.16. The van der Waals surface area contributed by atoms with Crippen molar-refractivity contribution in [3.8, 4) is 17.2 Å². The van der Waals surface area contributed by atoms with Crippen LogP contribution < -0.4 is 19.6 Å². The average molecular weight is 364 g/mol. The molecule has 0 radical (unpaired) electrons. The molecule has 0 saturated carbocycles. The fraction of sp³-hybridized carbons (Fsp3) is 0.143. The van der Waals surface area contributed by atoms with Crippen molar-refractivity contribution in [1.82, 2.24) is 5.43 Å². The van der Waals surface area contributed by atoms with E-state index in [-0.39, 0.29) is 5.91 Å². The molecule has 0 heterocycles. The summed E-state index contributed by atoms with van der Waals surface area (Å²) in [6, 6.07) is 17.1. The first kappa shape index (κ1) is 18.3. The first-order chi connectivity index (χ1) is 13.2. The molecule has 0 aliphatic heterocycles. The molecule has 138 valence electrons. The van der Waals surface area contributed by atoms with Gasteiger partial charge in [0, 0.05) is 11.1 Å². The molecule has 0 saturated heterocycles. The standard InChI is InChI=1S/C21H20N2O4/c1-25-18-11-16(12-19(26-2)20(18)27-3)21(24)23-22-13-15-9-6-8-14-7-4-5-10-17(14)15/h4-13H,1-3H3,(H,23,24)/b22-13+. The van der Waals surface area contributed by atoms with Gasteiger partial charge in [-0.3, -0.25) is 4.79 Å². The SMILES string of the molecule is COc1cc(C(=O)N/N=C/c2cccc3ccccc23)cc(OC)c1OC. The second-order valence-corrected chi connectivity index (χ2v) is 5.68. The summed E-state index contributed by atoms with van der Waals surface area (Å²) in [5.41, 5.74) is 3.79. The first-order valence-corrected chi connectivity index (χ1v) is 8.29. The molecule has 1 N–H and O–H groups in total. The summed E-state index contributed by atoms with van der Waals surface area (Å²) in [6.45, 7) is 0. The number of hydrogen-bond acceptors (Lipinski definition) is 5. The molecular formula is C21H20N2O4. The van der Waals surface area contributed by atoms with Crippen LogP contribution in [-0.4, -0.2) is 33.5 Å². The Morgan fingerprint density at radius 1 is 0.926 bits per heavy atom. The molecule has 0 bridgehead atoms. The number of fused-ring (bicyclic) bond motifs is 1. The lowest BCUT2D eigenvalue weighted by Gasteiger charge is -2.13. The number of carbonyl (C=O) groups excluding carboxylic acids is 1. The van der Waals surface area contributed by atoms with Gasteiger partial charge >= 0.3 is 0 Å². The van der Waals surface area contributed by atoms with Gasteiger partial charge in [0.25, 0.3) is 5.91 Å². The quantitative estimate of drug-likeness (QED) is 0.536. The van der Waals surface area contributed by atoms with E-state index < -0.39 is 0 Å². The third kappa shape index (κ3) is 3.84. The van der Waals surface area contributed by atoms with Crippen LogP contribution in [0.5, 0.6) is 17.2 Å². The number of ether oxygens (including phenoxy) is 3. The number of amides is 1. The molecule has 0 atom stereocenters. The number of benzene rings is 3. The molecule has 0 fully saturated rings. The first-order valence-electron chi connectivity index (χ1n) is 8.29. The van der Waals surface area contributed by atoms with E-state index in [1.165, 1.54) is 21.3 Å². The normalized spacial score (nSPS) is 10.8. The summed E-state index contributed by atoms with van der Waals surface area (Å²) in [5.74, 6) is 0.849. The number of carbonyl (C=O) groups is 1. The molecule has 1 amide bonds. The van der Waals surface area contributed by atoms with Crippen LogP contribution >= 0.6 is 0 Å². The molecular weight excluding hydrogens is 344 g/mol. The van der Waals surface area contributed by atoms with Gasteiger partial charge in [0.05, 0.1) is 27.5 Å². The highest BCUT2D eigenvalue weighted by Crippen LogP contribution is 2.38. The molecule has 6 heteroatoms. The van der Waals surface area contributed by atoms with Crippen LogP contribution in [0.1, 0.15) is 15.9 Å². The smallest absolute Gasteiger partial charge is 0.271 e. The number of nitrogens with one attached hydrogen (secondary N) is 1. The largest absolute Gasteiger partial charge is 0.493 e. The van der Waals surface area contributed by atoms with Crippen molar-refractivity contribution in [2.24, 2.45) is 5.10 Å². The Morgan fingerprint density at radius 3 is 2.26 bits per heavy atom. The van der Waals surface area contributed by atoms with E-state index in [9.17, 15) is 4.79 Å². The molecule has 3 rings (SSSR count). The Bertz CT molecular complexity index is 968.